The zero-order chi connectivity index (χ0) is 31.3. The van der Waals surface area contributed by atoms with Crippen LogP contribution in [0.4, 0.5) is 11.5 Å². The topological polar surface area (TPSA) is 91.7 Å². The normalized spacial score (nSPS) is 17.5. The molecule has 1 N–H and O–H groups in total. The Hall–Kier alpha value is -3.52. The molecule has 3 aromatic rings. The number of aromatic nitrogens is 3. The van der Waals surface area contributed by atoms with Gasteiger partial charge < -0.3 is 19.6 Å². The van der Waals surface area contributed by atoms with Gasteiger partial charge in [-0.3, -0.25) is 4.98 Å². The first-order valence-corrected chi connectivity index (χ1v) is 15.5. The quantitative estimate of drug-likeness (QED) is 0.334. The van der Waals surface area contributed by atoms with E-state index in [-0.39, 0.29) is 5.41 Å². The van der Waals surface area contributed by atoms with Crippen molar-refractivity contribution in [2.75, 3.05) is 29.4 Å². The molecule has 230 valence electrons. The number of carbonyl (C=O) groups is 1. The summed E-state index contributed by atoms with van der Waals surface area (Å²) in [6.45, 7) is 21.6. The van der Waals surface area contributed by atoms with Crippen molar-refractivity contribution >= 4 is 17.5 Å². The minimum atomic E-state index is -1.12. The Balaban J connectivity index is 1.61. The molecule has 2 aliphatic rings. The molecule has 8 nitrogen and oxygen atoms in total. The van der Waals surface area contributed by atoms with Crippen molar-refractivity contribution in [2.45, 2.75) is 99.8 Å². The molecule has 2 aromatic heterocycles. The Morgan fingerprint density at radius 3 is 2.26 bits per heavy atom. The second kappa shape index (κ2) is 11.5. The summed E-state index contributed by atoms with van der Waals surface area (Å²) in [7, 11) is 0. The summed E-state index contributed by atoms with van der Waals surface area (Å²) in [5.41, 5.74) is 8.51. The molecule has 2 aliphatic heterocycles. The second-order valence-corrected chi connectivity index (χ2v) is 14.1. The van der Waals surface area contributed by atoms with Gasteiger partial charge in [0.05, 0.1) is 11.3 Å². The van der Waals surface area contributed by atoms with Gasteiger partial charge in [0, 0.05) is 60.5 Å². The highest BCUT2D eigenvalue weighted by atomic mass is 16.5. The maximum atomic E-state index is 12.8. The molecule has 4 heterocycles. The summed E-state index contributed by atoms with van der Waals surface area (Å²) in [5.74, 6) is 0.767. The monoisotopic (exact) mass is 585 g/mol. The zero-order valence-corrected chi connectivity index (χ0v) is 27.3. The highest BCUT2D eigenvalue weighted by Crippen LogP contribution is 2.45. The van der Waals surface area contributed by atoms with E-state index in [9.17, 15) is 9.90 Å². The molecule has 8 heteroatoms. The summed E-state index contributed by atoms with van der Waals surface area (Å²) in [6.07, 6.45) is 1.84. The molecule has 0 aliphatic carbocycles. The number of hydrogen-bond donors (Lipinski definition) is 1. The van der Waals surface area contributed by atoms with Gasteiger partial charge in [0.15, 0.2) is 6.10 Å². The van der Waals surface area contributed by atoms with E-state index in [1.165, 1.54) is 11.1 Å². The second-order valence-electron chi connectivity index (χ2n) is 14.1. The summed E-state index contributed by atoms with van der Waals surface area (Å²) in [6, 6.07) is 8.75. The Kier molecular flexibility index (Phi) is 8.29. The number of carboxylic acids is 1. The van der Waals surface area contributed by atoms with Crippen molar-refractivity contribution in [1.29, 1.82) is 0 Å². The van der Waals surface area contributed by atoms with Crippen LogP contribution in [0.15, 0.2) is 24.3 Å². The number of aliphatic carboxylic acids is 1. The Morgan fingerprint density at radius 2 is 1.63 bits per heavy atom. The van der Waals surface area contributed by atoms with E-state index in [0.717, 1.165) is 85.3 Å². The van der Waals surface area contributed by atoms with Gasteiger partial charge in [-0.05, 0) is 89.8 Å². The van der Waals surface area contributed by atoms with E-state index >= 15 is 0 Å². The van der Waals surface area contributed by atoms with E-state index in [1.54, 1.807) is 0 Å². The van der Waals surface area contributed by atoms with Gasteiger partial charge in [0.25, 0.3) is 0 Å². The van der Waals surface area contributed by atoms with Gasteiger partial charge in [-0.25, -0.2) is 14.8 Å². The van der Waals surface area contributed by atoms with Gasteiger partial charge in [0.1, 0.15) is 11.6 Å². The molecule has 1 aromatic carbocycles. The number of aryl methyl sites for hydroxylation is 4. The van der Waals surface area contributed by atoms with Crippen LogP contribution in [0.5, 0.6) is 0 Å². The van der Waals surface area contributed by atoms with E-state index in [4.69, 9.17) is 14.7 Å². The van der Waals surface area contributed by atoms with Gasteiger partial charge in [-0.1, -0.05) is 32.0 Å². The lowest BCUT2D eigenvalue weighted by Gasteiger charge is -2.41. The van der Waals surface area contributed by atoms with Gasteiger partial charge in [-0.2, -0.15) is 0 Å². The third kappa shape index (κ3) is 6.69. The van der Waals surface area contributed by atoms with Crippen molar-refractivity contribution in [3.8, 4) is 11.1 Å². The number of pyridine rings is 1. The van der Waals surface area contributed by atoms with Crippen LogP contribution in [-0.2, 0) is 22.5 Å². The fourth-order valence-electron chi connectivity index (χ4n) is 6.52. The largest absolute Gasteiger partial charge is 0.479 e. The van der Waals surface area contributed by atoms with Crippen LogP contribution in [0, 0.1) is 33.1 Å². The molecule has 43 heavy (non-hydrogen) atoms. The Bertz CT molecular complexity index is 1510. The van der Waals surface area contributed by atoms with Crippen LogP contribution in [-0.4, -0.2) is 51.3 Å². The number of rotatable bonds is 6. The highest BCUT2D eigenvalue weighted by Gasteiger charge is 2.36. The molecule has 0 saturated carbocycles. The van der Waals surface area contributed by atoms with E-state index in [0.29, 0.717) is 11.3 Å². The molecule has 0 unspecified atom stereocenters. The van der Waals surface area contributed by atoms with Gasteiger partial charge in [0.2, 0.25) is 0 Å². The minimum absolute atomic E-state index is 0.250. The number of benzene rings is 1. The number of nitrogens with zero attached hydrogens (tertiary/aromatic N) is 5. The zero-order valence-electron chi connectivity index (χ0n) is 27.3. The van der Waals surface area contributed by atoms with Gasteiger partial charge in [-0.15, -0.1) is 0 Å². The third-order valence-electron chi connectivity index (χ3n) is 8.75. The average Bonchev–Trinajstić information content (AvgIpc) is 2.90. The summed E-state index contributed by atoms with van der Waals surface area (Å²) in [5, 5.41) is 10.5. The first kappa shape index (κ1) is 30.9. The number of hydrogen-bond acceptors (Lipinski definition) is 7. The van der Waals surface area contributed by atoms with Crippen LogP contribution in [0.2, 0.25) is 0 Å². The van der Waals surface area contributed by atoms with E-state index < -0.39 is 17.7 Å². The lowest BCUT2D eigenvalue weighted by atomic mass is 9.81. The number of carboxylic acid groups (broad SMARTS) is 1. The van der Waals surface area contributed by atoms with Crippen LogP contribution < -0.4 is 9.80 Å². The van der Waals surface area contributed by atoms with E-state index in [1.807, 2.05) is 48.5 Å². The maximum Gasteiger partial charge on any atom is 0.337 e. The molecule has 1 saturated heterocycles. The van der Waals surface area contributed by atoms with Crippen molar-refractivity contribution in [3.05, 3.63) is 63.9 Å². The van der Waals surface area contributed by atoms with Crippen LogP contribution >= 0.6 is 0 Å². The molecule has 0 amide bonds. The molecule has 1 fully saturated rings. The Labute approximate surface area is 256 Å². The number of anilines is 2. The SMILES string of the molecule is Cc1cc(N2CCc3cc(-c4c(C)nc(C)c([C@H](OC(C)(C)C)C(=O)O)c4N4CCC(C)(C)CC4)ccc3C2)nc(C)n1. The highest BCUT2D eigenvalue weighted by molar-refractivity contribution is 5.88. The molecule has 5 rings (SSSR count). The lowest BCUT2D eigenvalue weighted by molar-refractivity contribution is -0.160. The maximum absolute atomic E-state index is 12.8. The fraction of sp³-hybridized carbons (Fsp3) is 0.543. The Morgan fingerprint density at radius 1 is 0.930 bits per heavy atom. The predicted molar refractivity (Wildman–Crippen MR) is 172 cm³/mol. The molecular formula is C35H47N5O3. The van der Waals surface area contributed by atoms with Crippen LogP contribution in [0.25, 0.3) is 11.1 Å². The number of fused-ring (bicyclic) bond motifs is 1. The van der Waals surface area contributed by atoms with E-state index in [2.05, 4.69) is 52.9 Å². The van der Waals surface area contributed by atoms with Crippen molar-refractivity contribution in [3.63, 3.8) is 0 Å². The van der Waals surface area contributed by atoms with Crippen LogP contribution in [0.3, 0.4) is 0 Å². The van der Waals surface area contributed by atoms with Crippen molar-refractivity contribution in [1.82, 2.24) is 15.0 Å². The summed E-state index contributed by atoms with van der Waals surface area (Å²) < 4.78 is 6.25. The number of piperidine rings is 1. The van der Waals surface area contributed by atoms with Gasteiger partial charge >= 0.3 is 5.97 Å². The standard InChI is InChI=1S/C35H47N5O3/c1-21-18-28(38-24(4)36-21)40-15-12-25-19-26(10-11-27(25)20-40)29-22(2)37-23(3)30(32(33(41)42)43-34(5,6)7)31(29)39-16-13-35(8,9)14-17-39/h10-11,18-19,32H,12-17,20H2,1-9H3,(H,41,42)/t32-/m0/s1. The smallest absolute Gasteiger partial charge is 0.337 e. The molecular weight excluding hydrogens is 538 g/mol. The summed E-state index contributed by atoms with van der Waals surface area (Å²) in [4.78, 5) is 31.6. The van der Waals surface area contributed by atoms with Crippen LogP contribution in [0.1, 0.15) is 93.2 Å². The minimum Gasteiger partial charge on any atom is -0.479 e. The third-order valence-corrected chi connectivity index (χ3v) is 8.75. The first-order chi connectivity index (χ1) is 20.1. The van der Waals surface area contributed by atoms with Crippen molar-refractivity contribution < 1.29 is 14.6 Å². The lowest BCUT2D eigenvalue weighted by Crippen LogP contribution is -2.39. The molecule has 0 spiro atoms. The summed E-state index contributed by atoms with van der Waals surface area (Å²) >= 11 is 0. The molecule has 0 bridgehead atoms. The molecule has 0 radical (unpaired) electrons. The first-order valence-electron chi connectivity index (χ1n) is 15.5. The van der Waals surface area contributed by atoms with Crippen molar-refractivity contribution in [2.24, 2.45) is 5.41 Å². The fourth-order valence-corrected chi connectivity index (χ4v) is 6.52. The predicted octanol–water partition coefficient (Wildman–Crippen LogP) is 6.90. The average molecular weight is 586 g/mol. The molecule has 1 atom stereocenters. The number of ether oxygens (including phenoxy) is 1.